The van der Waals surface area contributed by atoms with Crippen molar-refractivity contribution >= 4 is 42.2 Å². The highest BCUT2D eigenvalue weighted by Crippen LogP contribution is 2.30. The monoisotopic (exact) mass is 567 g/mol. The van der Waals surface area contributed by atoms with Gasteiger partial charge in [0.05, 0.1) is 11.7 Å². The summed E-state index contributed by atoms with van der Waals surface area (Å²) in [6.07, 6.45) is 7.09. The van der Waals surface area contributed by atoms with Crippen molar-refractivity contribution in [2.45, 2.75) is 13.8 Å². The number of pyridine rings is 1. The second-order valence-electron chi connectivity index (χ2n) is 8.49. The van der Waals surface area contributed by atoms with Crippen molar-refractivity contribution in [2.24, 2.45) is 0 Å². The summed E-state index contributed by atoms with van der Waals surface area (Å²) < 4.78 is 19.7. The number of amides is 1. The number of hydrogen-bond donors (Lipinski definition) is 5. The maximum absolute atomic E-state index is 11.5. The fraction of sp³-hybridized carbons (Fsp3) is 0.185. The first-order valence-electron chi connectivity index (χ1n) is 12.0. The summed E-state index contributed by atoms with van der Waals surface area (Å²) in [5.74, 6) is 2.01. The van der Waals surface area contributed by atoms with Gasteiger partial charge in [-0.15, -0.1) is 0 Å². The van der Waals surface area contributed by atoms with E-state index in [1.54, 1.807) is 12.5 Å². The number of methoxy groups -OCH3 is 1. The molecule has 0 aliphatic carbocycles. The Balaban J connectivity index is 0.000000810. The van der Waals surface area contributed by atoms with Gasteiger partial charge < -0.3 is 34.8 Å². The first-order valence-corrected chi connectivity index (χ1v) is 13.5. The standard InChI is InChI=1S/C27H27N5O3.H3O4P/c1-18-13-21(8-11-25(18)35-22-9-6-19(2)29-15-22)32-27-23-14-20(7-10-24(23)30-17-31-27)5-4-12-28-26(33)16-34-3;1-5(2,3)4/h4-11,13-15,17H,12,16H2,1-3H3,(H,28,33)(H,30,31,32);(H3,1,2,3,4). The van der Waals surface area contributed by atoms with Crippen LogP contribution in [0.1, 0.15) is 16.8 Å². The summed E-state index contributed by atoms with van der Waals surface area (Å²) in [7, 11) is -3.15. The predicted molar refractivity (Wildman–Crippen MR) is 151 cm³/mol. The molecule has 4 aromatic rings. The van der Waals surface area contributed by atoms with Gasteiger partial charge in [0, 0.05) is 30.4 Å². The minimum Gasteiger partial charge on any atom is -0.455 e. The molecule has 2 heterocycles. The molecule has 0 aliphatic heterocycles. The maximum Gasteiger partial charge on any atom is 0.466 e. The van der Waals surface area contributed by atoms with Gasteiger partial charge in [-0.3, -0.25) is 9.78 Å². The topological polar surface area (TPSA) is 176 Å². The Morgan fingerprint density at radius 3 is 2.48 bits per heavy atom. The number of nitrogens with zero attached hydrogens (tertiary/aromatic N) is 3. The van der Waals surface area contributed by atoms with Crippen LogP contribution in [0, 0.1) is 13.8 Å². The van der Waals surface area contributed by atoms with Crippen molar-refractivity contribution < 1.29 is 33.5 Å². The molecular formula is C27H30N5O7P. The second-order valence-corrected chi connectivity index (χ2v) is 9.52. The summed E-state index contributed by atoms with van der Waals surface area (Å²) >= 11 is 0. The number of aryl methyl sites for hydroxylation is 2. The number of rotatable bonds is 9. The number of hydrogen-bond acceptors (Lipinski definition) is 8. The summed E-state index contributed by atoms with van der Waals surface area (Å²) in [6.45, 7) is 4.40. The van der Waals surface area contributed by atoms with Gasteiger partial charge in [-0.1, -0.05) is 18.2 Å². The molecular weight excluding hydrogens is 537 g/mol. The third-order valence-corrected chi connectivity index (χ3v) is 5.21. The Morgan fingerprint density at radius 2 is 1.80 bits per heavy atom. The van der Waals surface area contributed by atoms with Crippen LogP contribution in [0.5, 0.6) is 11.5 Å². The normalized spacial score (nSPS) is 11.2. The molecule has 1 amide bonds. The van der Waals surface area contributed by atoms with Crippen LogP contribution in [0.2, 0.25) is 0 Å². The number of nitrogens with one attached hydrogen (secondary N) is 2. The molecule has 0 unspecified atom stereocenters. The molecule has 5 N–H and O–H groups in total. The molecule has 13 heteroatoms. The van der Waals surface area contributed by atoms with Crippen molar-refractivity contribution in [1.29, 1.82) is 0 Å². The van der Waals surface area contributed by atoms with Gasteiger partial charge in [-0.05, 0) is 67.4 Å². The maximum atomic E-state index is 11.5. The lowest BCUT2D eigenvalue weighted by atomic mass is 10.1. The zero-order valence-electron chi connectivity index (χ0n) is 22.1. The van der Waals surface area contributed by atoms with Crippen molar-refractivity contribution in [2.75, 3.05) is 25.6 Å². The van der Waals surface area contributed by atoms with E-state index in [-0.39, 0.29) is 12.5 Å². The molecule has 0 fully saturated rings. The fourth-order valence-electron chi connectivity index (χ4n) is 3.45. The largest absolute Gasteiger partial charge is 0.466 e. The highest BCUT2D eigenvalue weighted by Gasteiger charge is 2.08. The minimum atomic E-state index is -4.64. The molecule has 0 spiro atoms. The first-order chi connectivity index (χ1) is 19.0. The highest BCUT2D eigenvalue weighted by atomic mass is 31.2. The van der Waals surface area contributed by atoms with Gasteiger partial charge >= 0.3 is 7.82 Å². The molecule has 2 aromatic carbocycles. The van der Waals surface area contributed by atoms with Crippen LogP contribution in [0.3, 0.4) is 0 Å². The molecule has 0 aliphatic rings. The van der Waals surface area contributed by atoms with E-state index in [1.165, 1.54) is 7.11 Å². The first kappa shape index (κ1) is 30.4. The lowest BCUT2D eigenvalue weighted by Gasteiger charge is -2.12. The Morgan fingerprint density at radius 1 is 1.02 bits per heavy atom. The lowest BCUT2D eigenvalue weighted by molar-refractivity contribution is -0.124. The lowest BCUT2D eigenvalue weighted by Crippen LogP contribution is -2.26. The molecule has 210 valence electrons. The van der Waals surface area contributed by atoms with Crippen LogP contribution in [0.4, 0.5) is 11.5 Å². The zero-order valence-corrected chi connectivity index (χ0v) is 23.0. The van der Waals surface area contributed by atoms with Crippen LogP contribution >= 0.6 is 7.82 Å². The molecule has 2 aromatic heterocycles. The predicted octanol–water partition coefficient (Wildman–Crippen LogP) is 4.02. The Labute approximate surface area is 231 Å². The molecule has 0 saturated carbocycles. The van der Waals surface area contributed by atoms with E-state index in [9.17, 15) is 4.79 Å². The summed E-state index contributed by atoms with van der Waals surface area (Å²) in [6, 6.07) is 15.6. The summed E-state index contributed by atoms with van der Waals surface area (Å²) in [4.78, 5) is 46.2. The zero-order chi connectivity index (χ0) is 29.1. The number of ether oxygens (including phenoxy) is 2. The average molecular weight is 568 g/mol. The van der Waals surface area contributed by atoms with Crippen LogP contribution in [0.15, 0.2) is 67.1 Å². The van der Waals surface area contributed by atoms with Gasteiger partial charge in [0.2, 0.25) is 5.91 Å². The molecule has 0 atom stereocenters. The van der Waals surface area contributed by atoms with E-state index in [4.69, 9.17) is 28.7 Å². The third kappa shape index (κ3) is 10.2. The van der Waals surface area contributed by atoms with Crippen molar-refractivity contribution in [3.05, 3.63) is 84.0 Å². The smallest absolute Gasteiger partial charge is 0.455 e. The molecule has 0 saturated heterocycles. The van der Waals surface area contributed by atoms with E-state index in [0.29, 0.717) is 18.1 Å². The number of fused-ring (bicyclic) bond motifs is 1. The van der Waals surface area contributed by atoms with E-state index >= 15 is 0 Å². The van der Waals surface area contributed by atoms with E-state index < -0.39 is 7.82 Å². The van der Waals surface area contributed by atoms with Gasteiger partial charge in [0.1, 0.15) is 30.3 Å². The van der Waals surface area contributed by atoms with Crippen LogP contribution in [0.25, 0.3) is 17.0 Å². The van der Waals surface area contributed by atoms with Crippen LogP contribution in [-0.4, -0.2) is 55.8 Å². The van der Waals surface area contributed by atoms with E-state index in [0.717, 1.165) is 39.2 Å². The number of carbonyl (C=O) groups is 1. The number of phosphoric acid groups is 1. The second kappa shape index (κ2) is 14.3. The SMILES string of the molecule is COCC(=O)NCC=Cc1ccc2ncnc(Nc3ccc(Oc4ccc(C)nc4)c(C)c3)c2c1.O=P(O)(O)O. The molecule has 0 bridgehead atoms. The fourth-order valence-corrected chi connectivity index (χ4v) is 3.45. The van der Waals surface area contributed by atoms with Gasteiger partial charge in [-0.2, -0.15) is 0 Å². The van der Waals surface area contributed by atoms with Crippen molar-refractivity contribution in [3.63, 3.8) is 0 Å². The number of benzene rings is 2. The molecule has 4 rings (SSSR count). The van der Waals surface area contributed by atoms with Gasteiger partial charge in [0.25, 0.3) is 0 Å². The number of aromatic nitrogens is 3. The number of carbonyl (C=O) groups excluding carboxylic acids is 1. The van der Waals surface area contributed by atoms with E-state index in [1.807, 2.05) is 74.5 Å². The molecule has 0 radical (unpaired) electrons. The van der Waals surface area contributed by atoms with Crippen LogP contribution < -0.4 is 15.4 Å². The molecule has 40 heavy (non-hydrogen) atoms. The number of anilines is 2. The minimum absolute atomic E-state index is 0.0475. The molecule has 12 nitrogen and oxygen atoms in total. The summed E-state index contributed by atoms with van der Waals surface area (Å²) in [5, 5.41) is 7.05. The Kier molecular flexibility index (Phi) is 10.8. The highest BCUT2D eigenvalue weighted by molar-refractivity contribution is 7.45. The van der Waals surface area contributed by atoms with Crippen LogP contribution in [-0.2, 0) is 14.1 Å². The quantitative estimate of drug-likeness (QED) is 0.185. The third-order valence-electron chi connectivity index (χ3n) is 5.21. The Hall–Kier alpha value is -4.19. The van der Waals surface area contributed by atoms with Crippen molar-refractivity contribution in [1.82, 2.24) is 20.3 Å². The van der Waals surface area contributed by atoms with Gasteiger partial charge in [-0.25, -0.2) is 14.5 Å². The van der Waals surface area contributed by atoms with E-state index in [2.05, 4.69) is 25.6 Å². The van der Waals surface area contributed by atoms with Crippen molar-refractivity contribution in [3.8, 4) is 11.5 Å². The average Bonchev–Trinajstić information content (AvgIpc) is 2.89. The summed E-state index contributed by atoms with van der Waals surface area (Å²) in [5.41, 5.74) is 4.62. The van der Waals surface area contributed by atoms with Gasteiger partial charge in [0.15, 0.2) is 0 Å². The Bertz CT molecular complexity index is 1520.